The largest absolute Gasteiger partial charge is 0.497 e. The molecule has 1 aromatic heterocycles. The molecule has 0 bridgehead atoms. The molecule has 0 unspecified atom stereocenters. The highest BCUT2D eigenvalue weighted by atomic mass is 16.5. The third-order valence-corrected chi connectivity index (χ3v) is 5.36. The van der Waals surface area contributed by atoms with Gasteiger partial charge in [0, 0.05) is 23.5 Å². The summed E-state index contributed by atoms with van der Waals surface area (Å²) in [5, 5.41) is 4.67. The molecular weight excluding hydrogens is 336 g/mol. The Morgan fingerprint density at radius 1 is 1.11 bits per heavy atom. The number of fused-ring (bicyclic) bond motifs is 1. The molecule has 2 heterocycles. The number of rotatable bonds is 6. The molecular formula is C22H26N4O. The maximum atomic E-state index is 5.26. The first-order chi connectivity index (χ1) is 13.3. The molecule has 0 amide bonds. The molecule has 1 fully saturated rings. The fourth-order valence-corrected chi connectivity index (χ4v) is 3.84. The predicted molar refractivity (Wildman–Crippen MR) is 110 cm³/mol. The smallest absolute Gasteiger partial charge is 0.162 e. The van der Waals surface area contributed by atoms with Crippen LogP contribution in [0.5, 0.6) is 5.75 Å². The predicted octanol–water partition coefficient (Wildman–Crippen LogP) is 4.20. The SMILES string of the molecule is CCN1CCC[C@@H]1CNc1nc(-c2ccc(OC)cc2)nc2ccccc12. The van der Waals surface area contributed by atoms with Crippen molar-refractivity contribution in [3.05, 3.63) is 48.5 Å². The number of likely N-dealkylation sites (tertiary alicyclic amines) is 1. The number of para-hydroxylation sites is 1. The van der Waals surface area contributed by atoms with Crippen LogP contribution in [0.3, 0.4) is 0 Å². The van der Waals surface area contributed by atoms with Crippen LogP contribution in [0.4, 0.5) is 5.82 Å². The molecule has 27 heavy (non-hydrogen) atoms. The third-order valence-electron chi connectivity index (χ3n) is 5.36. The minimum absolute atomic E-state index is 0.577. The van der Waals surface area contributed by atoms with Gasteiger partial charge >= 0.3 is 0 Å². The van der Waals surface area contributed by atoms with E-state index in [0.29, 0.717) is 6.04 Å². The molecule has 4 rings (SSSR count). The van der Waals surface area contributed by atoms with Gasteiger partial charge in [-0.3, -0.25) is 4.90 Å². The van der Waals surface area contributed by atoms with Crippen molar-refractivity contribution in [2.75, 3.05) is 32.1 Å². The molecule has 1 aliphatic rings. The van der Waals surface area contributed by atoms with Gasteiger partial charge in [0.15, 0.2) is 5.82 Å². The minimum atomic E-state index is 0.577. The lowest BCUT2D eigenvalue weighted by atomic mass is 10.1. The number of methoxy groups -OCH3 is 1. The van der Waals surface area contributed by atoms with E-state index in [0.717, 1.165) is 46.9 Å². The monoisotopic (exact) mass is 362 g/mol. The summed E-state index contributed by atoms with van der Waals surface area (Å²) in [6, 6.07) is 16.7. The Labute approximate surface area is 160 Å². The highest BCUT2D eigenvalue weighted by Crippen LogP contribution is 2.27. The molecule has 0 spiro atoms. The summed E-state index contributed by atoms with van der Waals surface area (Å²) in [4.78, 5) is 12.2. The average Bonchev–Trinajstić information content (AvgIpc) is 3.19. The number of benzene rings is 2. The van der Waals surface area contributed by atoms with Gasteiger partial charge in [-0.25, -0.2) is 9.97 Å². The van der Waals surface area contributed by atoms with E-state index in [2.05, 4.69) is 23.2 Å². The molecule has 5 nitrogen and oxygen atoms in total. The average molecular weight is 362 g/mol. The van der Waals surface area contributed by atoms with Crippen LogP contribution >= 0.6 is 0 Å². The summed E-state index contributed by atoms with van der Waals surface area (Å²) in [5.41, 5.74) is 1.94. The highest BCUT2D eigenvalue weighted by Gasteiger charge is 2.23. The van der Waals surface area contributed by atoms with E-state index in [9.17, 15) is 0 Å². The first-order valence-electron chi connectivity index (χ1n) is 9.67. The van der Waals surface area contributed by atoms with Crippen molar-refractivity contribution in [2.24, 2.45) is 0 Å². The lowest BCUT2D eigenvalue weighted by Crippen LogP contribution is -2.34. The first kappa shape index (κ1) is 17.7. The number of ether oxygens (including phenoxy) is 1. The van der Waals surface area contributed by atoms with Crippen LogP contribution in [0.15, 0.2) is 48.5 Å². The molecule has 5 heteroatoms. The summed E-state index contributed by atoms with van der Waals surface area (Å²) >= 11 is 0. The van der Waals surface area contributed by atoms with Gasteiger partial charge in [-0.2, -0.15) is 0 Å². The number of hydrogen-bond donors (Lipinski definition) is 1. The number of nitrogens with one attached hydrogen (secondary N) is 1. The van der Waals surface area contributed by atoms with E-state index in [1.165, 1.54) is 19.4 Å². The second kappa shape index (κ2) is 7.92. The fourth-order valence-electron chi connectivity index (χ4n) is 3.84. The summed E-state index contributed by atoms with van der Waals surface area (Å²) in [6.45, 7) is 5.45. The Morgan fingerprint density at radius 2 is 1.93 bits per heavy atom. The number of anilines is 1. The number of likely N-dealkylation sites (N-methyl/N-ethyl adjacent to an activating group) is 1. The zero-order valence-corrected chi connectivity index (χ0v) is 16.0. The van der Waals surface area contributed by atoms with Crippen LogP contribution in [0, 0.1) is 0 Å². The van der Waals surface area contributed by atoms with Crippen LogP contribution in [-0.4, -0.2) is 47.7 Å². The van der Waals surface area contributed by atoms with Gasteiger partial charge in [0.2, 0.25) is 0 Å². The lowest BCUT2D eigenvalue weighted by molar-refractivity contribution is 0.277. The van der Waals surface area contributed by atoms with Crippen molar-refractivity contribution >= 4 is 16.7 Å². The van der Waals surface area contributed by atoms with Crippen molar-refractivity contribution in [3.63, 3.8) is 0 Å². The van der Waals surface area contributed by atoms with E-state index in [-0.39, 0.29) is 0 Å². The summed E-state index contributed by atoms with van der Waals surface area (Å²) in [7, 11) is 1.67. The number of hydrogen-bond acceptors (Lipinski definition) is 5. The van der Waals surface area contributed by atoms with Crippen LogP contribution in [-0.2, 0) is 0 Å². The molecule has 1 atom stereocenters. The first-order valence-corrected chi connectivity index (χ1v) is 9.67. The normalized spacial score (nSPS) is 17.3. The maximum absolute atomic E-state index is 5.26. The van der Waals surface area contributed by atoms with Crippen molar-refractivity contribution in [2.45, 2.75) is 25.8 Å². The summed E-state index contributed by atoms with van der Waals surface area (Å²) < 4.78 is 5.26. The highest BCUT2D eigenvalue weighted by molar-refractivity contribution is 5.90. The van der Waals surface area contributed by atoms with Gasteiger partial charge in [-0.05, 0) is 62.3 Å². The minimum Gasteiger partial charge on any atom is -0.497 e. The van der Waals surface area contributed by atoms with E-state index in [4.69, 9.17) is 14.7 Å². The molecule has 1 aliphatic heterocycles. The Balaban J connectivity index is 1.65. The van der Waals surface area contributed by atoms with Gasteiger partial charge in [-0.1, -0.05) is 19.1 Å². The van der Waals surface area contributed by atoms with E-state index < -0.39 is 0 Å². The zero-order chi connectivity index (χ0) is 18.6. The van der Waals surface area contributed by atoms with Gasteiger partial charge in [0.1, 0.15) is 11.6 Å². The van der Waals surface area contributed by atoms with E-state index >= 15 is 0 Å². The zero-order valence-electron chi connectivity index (χ0n) is 16.0. The second-order valence-electron chi connectivity index (χ2n) is 6.95. The Bertz CT molecular complexity index is 910. The van der Waals surface area contributed by atoms with Crippen molar-refractivity contribution in [1.82, 2.24) is 14.9 Å². The van der Waals surface area contributed by atoms with Crippen LogP contribution in [0.1, 0.15) is 19.8 Å². The van der Waals surface area contributed by atoms with Gasteiger partial charge in [0.25, 0.3) is 0 Å². The molecule has 140 valence electrons. The lowest BCUT2D eigenvalue weighted by Gasteiger charge is -2.23. The van der Waals surface area contributed by atoms with Gasteiger partial charge in [-0.15, -0.1) is 0 Å². The second-order valence-corrected chi connectivity index (χ2v) is 6.95. The fraction of sp³-hybridized carbons (Fsp3) is 0.364. The quantitative estimate of drug-likeness (QED) is 0.712. The van der Waals surface area contributed by atoms with Crippen LogP contribution in [0.25, 0.3) is 22.3 Å². The summed E-state index contributed by atoms with van der Waals surface area (Å²) in [6.07, 6.45) is 2.52. The standard InChI is InChI=1S/C22H26N4O/c1-3-26-14-6-7-17(26)15-23-22-19-8-4-5-9-20(19)24-21(25-22)16-10-12-18(27-2)13-11-16/h4-5,8-13,17H,3,6-7,14-15H2,1-2H3,(H,23,24,25)/t17-/m1/s1. The van der Waals surface area contributed by atoms with Gasteiger partial charge in [0.05, 0.1) is 12.6 Å². The van der Waals surface area contributed by atoms with Crippen LogP contribution in [0.2, 0.25) is 0 Å². The Hall–Kier alpha value is -2.66. The van der Waals surface area contributed by atoms with E-state index in [1.807, 2.05) is 42.5 Å². The number of aromatic nitrogens is 2. The summed E-state index contributed by atoms with van der Waals surface area (Å²) in [5.74, 6) is 2.48. The third kappa shape index (κ3) is 3.74. The molecule has 0 saturated carbocycles. The maximum Gasteiger partial charge on any atom is 0.162 e. The van der Waals surface area contributed by atoms with Crippen molar-refractivity contribution in [3.8, 4) is 17.1 Å². The number of nitrogens with zero attached hydrogens (tertiary/aromatic N) is 3. The molecule has 2 aromatic carbocycles. The van der Waals surface area contributed by atoms with Crippen LogP contribution < -0.4 is 10.1 Å². The van der Waals surface area contributed by atoms with E-state index in [1.54, 1.807) is 7.11 Å². The molecule has 3 aromatic rings. The topological polar surface area (TPSA) is 50.3 Å². The molecule has 0 aliphatic carbocycles. The molecule has 0 radical (unpaired) electrons. The Morgan fingerprint density at radius 3 is 2.70 bits per heavy atom. The van der Waals surface area contributed by atoms with Gasteiger partial charge < -0.3 is 10.1 Å². The van der Waals surface area contributed by atoms with Crippen molar-refractivity contribution < 1.29 is 4.74 Å². The Kier molecular flexibility index (Phi) is 5.21. The van der Waals surface area contributed by atoms with Crippen molar-refractivity contribution in [1.29, 1.82) is 0 Å². The molecule has 1 N–H and O–H groups in total. The molecule has 1 saturated heterocycles.